The Hall–Kier alpha value is -1.08. The minimum Gasteiger partial charge on any atom is -0.367 e. The van der Waals surface area contributed by atoms with Crippen LogP contribution >= 0.6 is 0 Å². The summed E-state index contributed by atoms with van der Waals surface area (Å²) in [6.07, 6.45) is 14.1. The molecule has 0 aliphatic heterocycles. The van der Waals surface area contributed by atoms with E-state index in [0.29, 0.717) is 0 Å². The molecule has 0 fully saturated rings. The zero-order valence-corrected chi connectivity index (χ0v) is 9.86. The zero-order valence-electron chi connectivity index (χ0n) is 9.86. The Balaban J connectivity index is 3.79. The fourth-order valence-corrected chi connectivity index (χ4v) is 1.16. The maximum absolute atomic E-state index is 5.70. The summed E-state index contributed by atoms with van der Waals surface area (Å²) in [5.74, 6) is 0. The molecular weight excluding hydrogens is 184 g/mol. The van der Waals surface area contributed by atoms with Crippen molar-refractivity contribution in [2.24, 2.45) is 0 Å². The van der Waals surface area contributed by atoms with Gasteiger partial charge in [-0.2, -0.15) is 0 Å². The quantitative estimate of drug-likeness (QED) is 0.544. The zero-order chi connectivity index (χ0) is 11.5. The van der Waals surface area contributed by atoms with Gasteiger partial charge in [0.05, 0.1) is 12.2 Å². The predicted molar refractivity (Wildman–Crippen MR) is 67.9 cm³/mol. The monoisotopic (exact) mass is 206 g/mol. The Morgan fingerprint density at radius 3 is 1.67 bits per heavy atom. The Labute approximate surface area is 93.8 Å². The fourth-order valence-electron chi connectivity index (χ4n) is 1.16. The van der Waals surface area contributed by atoms with Crippen molar-refractivity contribution < 1.29 is 4.74 Å². The summed E-state index contributed by atoms with van der Waals surface area (Å²) in [6, 6.07) is 0. The highest BCUT2D eigenvalue weighted by Gasteiger charge is 2.00. The number of hydrogen-bond donors (Lipinski definition) is 0. The minimum absolute atomic E-state index is 0.147. The molecule has 0 heterocycles. The first-order chi connectivity index (χ1) is 7.20. The summed E-state index contributed by atoms with van der Waals surface area (Å²) in [4.78, 5) is 0. The third-order valence-electron chi connectivity index (χ3n) is 1.85. The summed E-state index contributed by atoms with van der Waals surface area (Å²) >= 11 is 0. The van der Waals surface area contributed by atoms with Gasteiger partial charge >= 0.3 is 0 Å². The normalized spacial score (nSPS) is 15.6. The van der Waals surface area contributed by atoms with Gasteiger partial charge < -0.3 is 4.74 Å². The average molecular weight is 206 g/mol. The molecule has 0 N–H and O–H groups in total. The number of allylic oxidation sites excluding steroid dienone is 4. The van der Waals surface area contributed by atoms with Gasteiger partial charge in [-0.15, -0.1) is 13.2 Å². The molecular formula is C14H22O. The van der Waals surface area contributed by atoms with Gasteiger partial charge in [0.15, 0.2) is 0 Å². The van der Waals surface area contributed by atoms with E-state index in [-0.39, 0.29) is 12.2 Å². The van der Waals surface area contributed by atoms with E-state index < -0.39 is 0 Å². The second-order valence-electron chi connectivity index (χ2n) is 3.45. The van der Waals surface area contributed by atoms with Crippen LogP contribution in [0.3, 0.4) is 0 Å². The van der Waals surface area contributed by atoms with Gasteiger partial charge in [-0.25, -0.2) is 0 Å². The van der Waals surface area contributed by atoms with E-state index in [4.69, 9.17) is 4.74 Å². The Morgan fingerprint density at radius 2 is 1.33 bits per heavy atom. The molecule has 84 valence electrons. The molecule has 0 aromatic rings. The van der Waals surface area contributed by atoms with Gasteiger partial charge in [0, 0.05) is 0 Å². The SMILES string of the molecule is C=CC/C=C/C(C)OC(C)/C=C/CC=C. The first kappa shape index (κ1) is 13.9. The maximum Gasteiger partial charge on any atom is 0.0735 e. The van der Waals surface area contributed by atoms with E-state index in [1.165, 1.54) is 0 Å². The van der Waals surface area contributed by atoms with Crippen LogP contribution in [0, 0.1) is 0 Å². The number of ether oxygens (including phenoxy) is 1. The van der Waals surface area contributed by atoms with Crippen molar-refractivity contribution in [1.82, 2.24) is 0 Å². The molecule has 0 rings (SSSR count). The van der Waals surface area contributed by atoms with Crippen LogP contribution in [0.15, 0.2) is 49.6 Å². The van der Waals surface area contributed by atoms with Gasteiger partial charge in [-0.1, -0.05) is 36.5 Å². The smallest absolute Gasteiger partial charge is 0.0735 e. The molecule has 0 aliphatic rings. The van der Waals surface area contributed by atoms with Crippen molar-refractivity contribution >= 4 is 0 Å². The summed E-state index contributed by atoms with van der Waals surface area (Å²) in [5.41, 5.74) is 0. The Bertz CT molecular complexity index is 201. The van der Waals surface area contributed by atoms with Crippen molar-refractivity contribution in [3.63, 3.8) is 0 Å². The van der Waals surface area contributed by atoms with Gasteiger partial charge in [0.1, 0.15) is 0 Å². The molecule has 0 amide bonds. The van der Waals surface area contributed by atoms with Gasteiger partial charge in [0.2, 0.25) is 0 Å². The van der Waals surface area contributed by atoms with Crippen molar-refractivity contribution in [3.8, 4) is 0 Å². The molecule has 0 bridgehead atoms. The minimum atomic E-state index is 0.147. The second kappa shape index (κ2) is 9.47. The van der Waals surface area contributed by atoms with Crippen LogP contribution in [0.5, 0.6) is 0 Å². The van der Waals surface area contributed by atoms with E-state index in [1.54, 1.807) is 0 Å². The lowest BCUT2D eigenvalue weighted by Crippen LogP contribution is -2.12. The standard InChI is InChI=1S/C14H22O/c1-5-7-9-11-13(3)15-14(4)12-10-8-6-2/h5-6,9-14H,1-2,7-8H2,3-4H3/b11-9+,12-10+. The molecule has 15 heavy (non-hydrogen) atoms. The predicted octanol–water partition coefficient (Wildman–Crippen LogP) is 4.04. The lowest BCUT2D eigenvalue weighted by Gasteiger charge is -2.13. The molecule has 0 saturated heterocycles. The fraction of sp³-hybridized carbons (Fsp3) is 0.429. The van der Waals surface area contributed by atoms with Crippen LogP contribution in [0.2, 0.25) is 0 Å². The topological polar surface area (TPSA) is 9.23 Å². The van der Waals surface area contributed by atoms with E-state index in [0.717, 1.165) is 12.8 Å². The van der Waals surface area contributed by atoms with Crippen molar-refractivity contribution in [2.75, 3.05) is 0 Å². The lowest BCUT2D eigenvalue weighted by molar-refractivity contribution is 0.0629. The second-order valence-corrected chi connectivity index (χ2v) is 3.45. The molecule has 0 spiro atoms. The highest BCUT2D eigenvalue weighted by Crippen LogP contribution is 2.02. The van der Waals surface area contributed by atoms with Crippen LogP contribution in [0.25, 0.3) is 0 Å². The molecule has 0 saturated carbocycles. The number of hydrogen-bond acceptors (Lipinski definition) is 1. The van der Waals surface area contributed by atoms with Crippen LogP contribution in [0.1, 0.15) is 26.7 Å². The van der Waals surface area contributed by atoms with E-state index in [2.05, 4.69) is 37.5 Å². The van der Waals surface area contributed by atoms with Gasteiger partial charge in [0.25, 0.3) is 0 Å². The third-order valence-corrected chi connectivity index (χ3v) is 1.85. The first-order valence-electron chi connectivity index (χ1n) is 5.41. The van der Waals surface area contributed by atoms with Gasteiger partial charge in [-0.3, -0.25) is 0 Å². The molecule has 1 heteroatoms. The van der Waals surface area contributed by atoms with Crippen molar-refractivity contribution in [2.45, 2.75) is 38.9 Å². The van der Waals surface area contributed by atoms with E-state index in [9.17, 15) is 0 Å². The summed E-state index contributed by atoms with van der Waals surface area (Å²) in [6.45, 7) is 11.4. The molecule has 2 atom stereocenters. The maximum atomic E-state index is 5.70. The summed E-state index contributed by atoms with van der Waals surface area (Å²) in [7, 11) is 0. The Morgan fingerprint density at radius 1 is 0.933 bits per heavy atom. The summed E-state index contributed by atoms with van der Waals surface area (Å²) in [5, 5.41) is 0. The first-order valence-corrected chi connectivity index (χ1v) is 5.41. The molecule has 1 nitrogen and oxygen atoms in total. The molecule has 2 unspecified atom stereocenters. The van der Waals surface area contributed by atoms with Crippen LogP contribution in [0.4, 0.5) is 0 Å². The van der Waals surface area contributed by atoms with Crippen LogP contribution in [-0.4, -0.2) is 12.2 Å². The molecule has 0 aliphatic carbocycles. The lowest BCUT2D eigenvalue weighted by atomic mass is 10.2. The van der Waals surface area contributed by atoms with Crippen molar-refractivity contribution in [3.05, 3.63) is 49.6 Å². The van der Waals surface area contributed by atoms with Crippen molar-refractivity contribution in [1.29, 1.82) is 0 Å². The van der Waals surface area contributed by atoms with E-state index in [1.807, 2.05) is 26.0 Å². The largest absolute Gasteiger partial charge is 0.367 e. The highest BCUT2D eigenvalue weighted by atomic mass is 16.5. The van der Waals surface area contributed by atoms with Crippen LogP contribution in [-0.2, 0) is 4.74 Å². The molecule has 0 aromatic carbocycles. The van der Waals surface area contributed by atoms with Crippen LogP contribution < -0.4 is 0 Å². The molecule has 0 radical (unpaired) electrons. The van der Waals surface area contributed by atoms with E-state index >= 15 is 0 Å². The average Bonchev–Trinajstić information content (AvgIpc) is 2.18. The summed E-state index contributed by atoms with van der Waals surface area (Å²) < 4.78 is 5.70. The third kappa shape index (κ3) is 9.23. The Kier molecular flexibility index (Phi) is 8.79. The van der Waals surface area contributed by atoms with Gasteiger partial charge in [-0.05, 0) is 26.7 Å². The highest BCUT2D eigenvalue weighted by molar-refractivity contribution is 4.95. The number of rotatable bonds is 8. The molecule has 0 aromatic heterocycles.